The molecule has 0 saturated heterocycles. The minimum absolute atomic E-state index is 0.000670. The Morgan fingerprint density at radius 3 is 2.58 bits per heavy atom. The molecule has 0 bridgehead atoms. The monoisotopic (exact) mass is 440 g/mol. The summed E-state index contributed by atoms with van der Waals surface area (Å²) >= 11 is 1.07. The van der Waals surface area contributed by atoms with E-state index in [1.165, 1.54) is 0 Å². The smallest absolute Gasteiger partial charge is 0.365 e. The van der Waals surface area contributed by atoms with E-state index < -0.39 is 5.97 Å². The summed E-state index contributed by atoms with van der Waals surface area (Å²) in [6.45, 7) is 1.76. The van der Waals surface area contributed by atoms with Gasteiger partial charge in [-0.25, -0.2) is 19.3 Å². The van der Waals surface area contributed by atoms with Crippen molar-refractivity contribution in [3.63, 3.8) is 0 Å². The molecule has 2 aromatic heterocycles. The molecular formula is C22H24N4O4S. The van der Waals surface area contributed by atoms with Crippen molar-refractivity contribution in [1.82, 2.24) is 19.3 Å². The van der Waals surface area contributed by atoms with Gasteiger partial charge in [-0.3, -0.25) is 4.57 Å². The summed E-state index contributed by atoms with van der Waals surface area (Å²) in [7, 11) is 0. The molecule has 1 atom stereocenters. The van der Waals surface area contributed by atoms with E-state index in [0.29, 0.717) is 10.8 Å². The van der Waals surface area contributed by atoms with E-state index in [1.54, 1.807) is 11.6 Å². The summed E-state index contributed by atoms with van der Waals surface area (Å²) in [5.41, 5.74) is 1.74. The lowest BCUT2D eigenvalue weighted by molar-refractivity contribution is 0.0696. The zero-order valence-corrected chi connectivity index (χ0v) is 18.0. The Kier molecular flexibility index (Phi) is 5.13. The molecule has 5 rings (SSSR count). The lowest BCUT2D eigenvalue weighted by Crippen LogP contribution is -2.33. The van der Waals surface area contributed by atoms with Gasteiger partial charge in [0.05, 0.1) is 23.9 Å². The summed E-state index contributed by atoms with van der Waals surface area (Å²) in [4.78, 5) is 28.4. The highest BCUT2D eigenvalue weighted by atomic mass is 32.1. The molecule has 1 saturated carbocycles. The Hall–Kier alpha value is -2.94. The van der Waals surface area contributed by atoms with Gasteiger partial charge in [-0.05, 0) is 44.6 Å². The van der Waals surface area contributed by atoms with Gasteiger partial charge in [0, 0.05) is 6.42 Å². The second kappa shape index (κ2) is 7.96. The van der Waals surface area contributed by atoms with Crippen LogP contribution >= 0.6 is 11.3 Å². The molecule has 0 spiro atoms. The molecular weight excluding hydrogens is 416 g/mol. The molecule has 3 aromatic rings. The van der Waals surface area contributed by atoms with E-state index in [1.807, 2.05) is 22.8 Å². The van der Waals surface area contributed by atoms with E-state index in [4.69, 9.17) is 9.84 Å². The maximum atomic E-state index is 13.2. The highest BCUT2D eigenvalue weighted by Gasteiger charge is 2.33. The van der Waals surface area contributed by atoms with Gasteiger partial charge in [0.1, 0.15) is 5.82 Å². The first-order valence-corrected chi connectivity index (χ1v) is 11.4. The number of carboxylic acid groups (broad SMARTS) is 1. The molecule has 0 radical (unpaired) electrons. The van der Waals surface area contributed by atoms with Crippen molar-refractivity contribution in [3.05, 3.63) is 62.9 Å². The number of fused-ring (bicyclic) bond motifs is 1. The standard InChI is InChI=1S/C22H24N4O4S/c1-13-21(31-19(23-13)20(27)28)30-16-9-7-15(8-10-16)26-22(29)25-17(11-12-18(25)24-26)14-5-3-2-4-6-14/h2-6,15-17H,7-12H2,1H3,(H,27,28)/t15?,16?,17-/m0/s1. The first-order valence-electron chi connectivity index (χ1n) is 10.6. The molecule has 9 heteroatoms. The van der Waals surface area contributed by atoms with E-state index in [2.05, 4.69) is 22.2 Å². The molecule has 31 heavy (non-hydrogen) atoms. The number of hydrogen-bond acceptors (Lipinski definition) is 6. The Balaban J connectivity index is 1.28. The van der Waals surface area contributed by atoms with E-state index in [-0.39, 0.29) is 28.9 Å². The van der Waals surface area contributed by atoms with Crippen LogP contribution in [0.2, 0.25) is 0 Å². The summed E-state index contributed by atoms with van der Waals surface area (Å²) < 4.78 is 9.60. The van der Waals surface area contributed by atoms with Gasteiger partial charge in [-0.2, -0.15) is 5.10 Å². The molecule has 8 nitrogen and oxygen atoms in total. The lowest BCUT2D eigenvalue weighted by Gasteiger charge is -2.28. The quantitative estimate of drug-likeness (QED) is 0.651. The number of rotatable bonds is 5. The number of nitrogens with zero attached hydrogens (tertiary/aromatic N) is 4. The number of benzene rings is 1. The molecule has 1 fully saturated rings. The average molecular weight is 441 g/mol. The van der Waals surface area contributed by atoms with Crippen LogP contribution in [0, 0.1) is 6.92 Å². The number of thiazole rings is 1. The summed E-state index contributed by atoms with van der Waals surface area (Å²) in [6.07, 6.45) is 4.93. The lowest BCUT2D eigenvalue weighted by atomic mass is 9.93. The zero-order valence-electron chi connectivity index (χ0n) is 17.2. The van der Waals surface area contributed by atoms with Crippen molar-refractivity contribution >= 4 is 17.3 Å². The fourth-order valence-corrected chi connectivity index (χ4v) is 5.51. The van der Waals surface area contributed by atoms with Crippen LogP contribution in [0.5, 0.6) is 5.06 Å². The Morgan fingerprint density at radius 1 is 1.16 bits per heavy atom. The van der Waals surface area contributed by atoms with E-state index >= 15 is 0 Å². The predicted octanol–water partition coefficient (Wildman–Crippen LogP) is 3.61. The van der Waals surface area contributed by atoms with Crippen LogP contribution in [-0.2, 0) is 6.42 Å². The highest BCUT2D eigenvalue weighted by molar-refractivity contribution is 7.15. The van der Waals surface area contributed by atoms with Gasteiger partial charge in [0.15, 0.2) is 5.06 Å². The maximum absolute atomic E-state index is 13.2. The van der Waals surface area contributed by atoms with E-state index in [9.17, 15) is 9.59 Å². The molecule has 1 aromatic carbocycles. The fourth-order valence-electron chi connectivity index (χ4n) is 4.69. The second-order valence-electron chi connectivity index (χ2n) is 8.22. The van der Waals surface area contributed by atoms with Crippen molar-refractivity contribution in [2.45, 2.75) is 63.6 Å². The van der Waals surface area contributed by atoms with Gasteiger partial charge in [-0.15, -0.1) is 0 Å². The zero-order chi connectivity index (χ0) is 21.5. The van der Waals surface area contributed by atoms with Crippen LogP contribution in [0.15, 0.2) is 35.1 Å². The second-order valence-corrected chi connectivity index (χ2v) is 9.19. The van der Waals surface area contributed by atoms with Crippen LogP contribution in [0.4, 0.5) is 0 Å². The number of ether oxygens (including phenoxy) is 1. The van der Waals surface area contributed by atoms with Gasteiger partial charge in [-0.1, -0.05) is 41.7 Å². The van der Waals surface area contributed by atoms with Crippen LogP contribution in [0.25, 0.3) is 0 Å². The largest absolute Gasteiger partial charge is 0.479 e. The first-order chi connectivity index (χ1) is 15.0. The van der Waals surface area contributed by atoms with Crippen molar-refractivity contribution in [2.75, 3.05) is 0 Å². The topological polar surface area (TPSA) is 99.2 Å². The number of aromatic carboxylic acids is 1. The van der Waals surface area contributed by atoms with Crippen molar-refractivity contribution in [1.29, 1.82) is 0 Å². The van der Waals surface area contributed by atoms with Crippen LogP contribution in [0.3, 0.4) is 0 Å². The third kappa shape index (κ3) is 3.67. The van der Waals surface area contributed by atoms with Crippen LogP contribution < -0.4 is 10.4 Å². The summed E-state index contributed by atoms with van der Waals surface area (Å²) in [5, 5.41) is 14.4. The number of carboxylic acids is 1. The van der Waals surface area contributed by atoms with E-state index in [0.717, 1.165) is 61.2 Å². The molecule has 1 aliphatic heterocycles. The van der Waals surface area contributed by atoms with Crippen LogP contribution in [-0.4, -0.2) is 36.5 Å². The third-order valence-electron chi connectivity index (χ3n) is 6.24. The number of carbonyl (C=O) groups is 1. The highest BCUT2D eigenvalue weighted by Crippen LogP contribution is 2.35. The Bertz CT molecular complexity index is 1160. The minimum atomic E-state index is -1.03. The average Bonchev–Trinajstić information content (AvgIpc) is 3.45. The third-order valence-corrected chi connectivity index (χ3v) is 7.28. The number of hydrogen-bond donors (Lipinski definition) is 1. The normalized spacial score (nSPS) is 22.9. The Labute approximate surface area is 183 Å². The SMILES string of the molecule is Cc1nc(C(=O)O)sc1OC1CCC(n2nc3n(c2=O)[C@H](c2ccccc2)CC3)CC1. The summed E-state index contributed by atoms with van der Waals surface area (Å²) in [6, 6.07) is 10.3. The summed E-state index contributed by atoms with van der Waals surface area (Å²) in [5.74, 6) is -0.161. The molecule has 0 amide bonds. The maximum Gasteiger partial charge on any atom is 0.365 e. The molecule has 1 N–H and O–H groups in total. The van der Waals surface area contributed by atoms with Gasteiger partial charge < -0.3 is 9.84 Å². The molecule has 3 heterocycles. The van der Waals surface area contributed by atoms with Crippen molar-refractivity contribution in [3.8, 4) is 5.06 Å². The molecule has 2 aliphatic rings. The van der Waals surface area contributed by atoms with Crippen molar-refractivity contribution in [2.24, 2.45) is 0 Å². The molecule has 162 valence electrons. The van der Waals surface area contributed by atoms with Crippen LogP contribution in [0.1, 0.15) is 71.1 Å². The number of aryl methyl sites for hydroxylation is 2. The number of aromatic nitrogens is 4. The van der Waals surface area contributed by atoms with Gasteiger partial charge >= 0.3 is 11.7 Å². The molecule has 0 unspecified atom stereocenters. The first kappa shape index (κ1) is 20.0. The van der Waals surface area contributed by atoms with Gasteiger partial charge in [0.25, 0.3) is 0 Å². The van der Waals surface area contributed by atoms with Crippen molar-refractivity contribution < 1.29 is 14.6 Å². The van der Waals surface area contributed by atoms with Gasteiger partial charge in [0.2, 0.25) is 5.01 Å². The predicted molar refractivity (Wildman–Crippen MR) is 115 cm³/mol. The fraction of sp³-hybridized carbons (Fsp3) is 0.455. The molecule has 1 aliphatic carbocycles. The minimum Gasteiger partial charge on any atom is -0.479 e. The Morgan fingerprint density at radius 2 is 1.90 bits per heavy atom.